The summed E-state index contributed by atoms with van der Waals surface area (Å²) in [4.78, 5) is 14.4. The largest absolute Gasteiger partial charge is 0.483 e. The third-order valence-electron chi connectivity index (χ3n) is 4.14. The molecule has 1 aliphatic rings. The van der Waals surface area contributed by atoms with E-state index in [9.17, 15) is 4.79 Å². The van der Waals surface area contributed by atoms with Crippen molar-refractivity contribution in [3.63, 3.8) is 0 Å². The highest BCUT2D eigenvalue weighted by atomic mass is 79.9. The molecule has 29 heavy (non-hydrogen) atoms. The third-order valence-corrected chi connectivity index (χ3v) is 4.64. The van der Waals surface area contributed by atoms with Gasteiger partial charge in [-0.2, -0.15) is 0 Å². The van der Waals surface area contributed by atoms with Crippen LogP contribution in [0.2, 0.25) is 0 Å². The van der Waals surface area contributed by atoms with Gasteiger partial charge in [0.25, 0.3) is 5.91 Å². The van der Waals surface area contributed by atoms with Gasteiger partial charge in [-0.05, 0) is 58.5 Å². The van der Waals surface area contributed by atoms with E-state index in [-0.39, 0.29) is 42.9 Å². The molecule has 6 nitrogen and oxygen atoms in total. The van der Waals surface area contributed by atoms with Crippen LogP contribution in [0.1, 0.15) is 32.8 Å². The smallest absolute Gasteiger partial charge is 0.258 e. The molecule has 0 atom stereocenters. The molecule has 0 radical (unpaired) electrons. The minimum Gasteiger partial charge on any atom is -0.483 e. The van der Waals surface area contributed by atoms with Crippen LogP contribution in [-0.4, -0.2) is 62.3 Å². The fraction of sp³-hybridized carbons (Fsp3) is 0.650. The van der Waals surface area contributed by atoms with Gasteiger partial charge >= 0.3 is 0 Å². The zero-order valence-electron chi connectivity index (χ0n) is 17.5. The van der Waals surface area contributed by atoms with Crippen LogP contribution < -0.4 is 15.4 Å². The molecule has 2 N–H and O–H groups in total. The molecular weight excluding hydrogens is 481 g/mol. The van der Waals surface area contributed by atoms with Gasteiger partial charge in [-0.3, -0.25) is 9.69 Å². The van der Waals surface area contributed by atoms with Crippen molar-refractivity contribution in [3.05, 3.63) is 28.2 Å². The van der Waals surface area contributed by atoms with Crippen LogP contribution in [0.4, 0.5) is 0 Å². The summed E-state index contributed by atoms with van der Waals surface area (Å²) in [5, 5.41) is 6.38. The Morgan fingerprint density at radius 2 is 1.93 bits per heavy atom. The maximum atomic E-state index is 12.0. The number of nitrogens with zero attached hydrogens (tertiary/aromatic N) is 1. The van der Waals surface area contributed by atoms with E-state index in [1.54, 1.807) is 0 Å². The molecule has 1 aromatic carbocycles. The minimum atomic E-state index is -0.259. The van der Waals surface area contributed by atoms with Crippen molar-refractivity contribution >= 4 is 46.7 Å². The Labute approximate surface area is 195 Å². The van der Waals surface area contributed by atoms with Crippen molar-refractivity contribution in [2.24, 2.45) is 0 Å². The first kappa shape index (κ1) is 28.4. The van der Waals surface area contributed by atoms with Gasteiger partial charge < -0.3 is 20.1 Å². The second kappa shape index (κ2) is 14.4. The lowest BCUT2D eigenvalue weighted by Crippen LogP contribution is -2.43. The summed E-state index contributed by atoms with van der Waals surface area (Å²) in [6.45, 7) is 12.4. The average molecular weight is 515 g/mol. The van der Waals surface area contributed by atoms with E-state index in [0.717, 1.165) is 61.6 Å². The fourth-order valence-corrected chi connectivity index (χ4v) is 3.31. The van der Waals surface area contributed by atoms with Crippen molar-refractivity contribution in [3.8, 4) is 5.75 Å². The van der Waals surface area contributed by atoms with E-state index in [0.29, 0.717) is 6.54 Å². The minimum absolute atomic E-state index is 0. The lowest BCUT2D eigenvalue weighted by molar-refractivity contribution is -0.124. The second-order valence-corrected chi connectivity index (χ2v) is 8.74. The molecule has 2 rings (SSSR count). The topological polar surface area (TPSA) is 62.8 Å². The molecule has 1 fully saturated rings. The van der Waals surface area contributed by atoms with Gasteiger partial charge in [-0.1, -0.05) is 15.9 Å². The van der Waals surface area contributed by atoms with Crippen LogP contribution in [-0.2, 0) is 16.1 Å². The number of rotatable bonds is 9. The molecule has 0 saturated carbocycles. The fourth-order valence-electron chi connectivity index (χ4n) is 2.90. The predicted molar refractivity (Wildman–Crippen MR) is 126 cm³/mol. The molecule has 0 bridgehead atoms. The summed E-state index contributed by atoms with van der Waals surface area (Å²) in [5.74, 6) is 0.623. The molecule has 1 amide bonds. The highest BCUT2D eigenvalue weighted by molar-refractivity contribution is 9.10. The Morgan fingerprint density at radius 3 is 2.59 bits per heavy atom. The molecule has 1 aliphatic heterocycles. The highest BCUT2D eigenvalue weighted by Gasteiger charge is 2.15. The van der Waals surface area contributed by atoms with Crippen molar-refractivity contribution in [1.82, 2.24) is 15.5 Å². The van der Waals surface area contributed by atoms with Gasteiger partial charge in [0.05, 0.1) is 13.2 Å². The monoisotopic (exact) mass is 513 g/mol. The number of hydrogen-bond acceptors (Lipinski definition) is 5. The summed E-state index contributed by atoms with van der Waals surface area (Å²) < 4.78 is 12.1. The lowest BCUT2D eigenvalue weighted by atomic mass is 10.1. The Balaban J connectivity index is 0.00000392. The predicted octanol–water partition coefficient (Wildman–Crippen LogP) is 3.40. The van der Waals surface area contributed by atoms with Crippen LogP contribution in [0.15, 0.2) is 22.7 Å². The van der Waals surface area contributed by atoms with Gasteiger partial charge in [0.1, 0.15) is 5.75 Å². The number of benzene rings is 1. The van der Waals surface area contributed by atoms with Gasteiger partial charge in [-0.25, -0.2) is 0 Å². The van der Waals surface area contributed by atoms with E-state index >= 15 is 0 Å². The summed E-state index contributed by atoms with van der Waals surface area (Å²) in [6.07, 6.45) is 1.10. The third kappa shape index (κ3) is 12.0. The number of halogens is 3. The van der Waals surface area contributed by atoms with Gasteiger partial charge in [0, 0.05) is 35.2 Å². The van der Waals surface area contributed by atoms with Crippen molar-refractivity contribution in [2.75, 3.05) is 46.0 Å². The summed E-state index contributed by atoms with van der Waals surface area (Å²) >= 11 is 3.51. The number of ether oxygens (including phenoxy) is 2. The first-order valence-electron chi connectivity index (χ1n) is 9.56. The molecule has 1 heterocycles. The molecule has 0 spiro atoms. The van der Waals surface area contributed by atoms with E-state index in [2.05, 4.69) is 31.5 Å². The number of amides is 1. The van der Waals surface area contributed by atoms with E-state index < -0.39 is 0 Å². The maximum absolute atomic E-state index is 12.0. The number of nitrogens with one attached hydrogen (secondary N) is 2. The number of morpholine rings is 1. The van der Waals surface area contributed by atoms with Crippen LogP contribution in [0.25, 0.3) is 0 Å². The Kier molecular flexibility index (Phi) is 14.2. The molecule has 1 aromatic rings. The molecule has 0 aliphatic carbocycles. The summed E-state index contributed by atoms with van der Waals surface area (Å²) in [5.41, 5.74) is 0.782. The zero-order chi connectivity index (χ0) is 19.7. The van der Waals surface area contributed by atoms with Gasteiger partial charge in [0.2, 0.25) is 0 Å². The van der Waals surface area contributed by atoms with E-state index in [1.807, 2.05) is 39.0 Å². The normalized spacial score (nSPS) is 14.5. The highest BCUT2D eigenvalue weighted by Crippen LogP contribution is 2.23. The Hall–Kier alpha value is -0.570. The van der Waals surface area contributed by atoms with E-state index in [4.69, 9.17) is 9.47 Å². The average Bonchev–Trinajstić information content (AvgIpc) is 2.60. The van der Waals surface area contributed by atoms with Gasteiger partial charge in [-0.15, -0.1) is 24.8 Å². The molecule has 0 aromatic heterocycles. The van der Waals surface area contributed by atoms with Crippen molar-refractivity contribution in [2.45, 2.75) is 39.3 Å². The first-order valence-corrected chi connectivity index (χ1v) is 10.4. The maximum Gasteiger partial charge on any atom is 0.258 e. The van der Waals surface area contributed by atoms with Crippen LogP contribution in [0.3, 0.4) is 0 Å². The summed E-state index contributed by atoms with van der Waals surface area (Å²) in [6, 6.07) is 5.87. The van der Waals surface area contributed by atoms with Crippen LogP contribution >= 0.6 is 40.7 Å². The molecule has 1 saturated heterocycles. The molecule has 9 heteroatoms. The SMILES string of the molecule is CC(C)(C)NC(=O)COc1ccc(Br)cc1CNCCCN1CCOCC1.Cl.Cl. The first-order chi connectivity index (χ1) is 12.8. The standard InChI is InChI=1S/C20H32BrN3O3.2ClH/c1-20(2,3)23-19(25)15-27-18-6-5-17(21)13-16(18)14-22-7-4-8-24-9-11-26-12-10-24;;/h5-6,13,22H,4,7-12,14-15H2,1-3H3,(H,23,25);2*1H. The number of carbonyl (C=O) groups excluding carboxylic acids is 1. The number of hydrogen-bond donors (Lipinski definition) is 2. The molecule has 0 unspecified atom stereocenters. The Bertz CT molecular complexity index is 609. The van der Waals surface area contributed by atoms with Crippen molar-refractivity contribution < 1.29 is 14.3 Å². The van der Waals surface area contributed by atoms with Gasteiger partial charge in [0.15, 0.2) is 6.61 Å². The number of carbonyl (C=O) groups is 1. The summed E-state index contributed by atoms with van der Waals surface area (Å²) in [7, 11) is 0. The van der Waals surface area contributed by atoms with E-state index in [1.165, 1.54) is 0 Å². The quantitative estimate of drug-likeness (QED) is 0.494. The molecular formula is C20H34BrCl2N3O3. The van der Waals surface area contributed by atoms with Crippen molar-refractivity contribution in [1.29, 1.82) is 0 Å². The molecule has 168 valence electrons. The van der Waals surface area contributed by atoms with Crippen LogP contribution in [0.5, 0.6) is 5.75 Å². The Morgan fingerprint density at radius 1 is 1.24 bits per heavy atom. The lowest BCUT2D eigenvalue weighted by Gasteiger charge is -2.26. The van der Waals surface area contributed by atoms with Crippen LogP contribution in [0, 0.1) is 0 Å². The second-order valence-electron chi connectivity index (χ2n) is 7.82. The zero-order valence-corrected chi connectivity index (χ0v) is 20.7.